The van der Waals surface area contributed by atoms with Gasteiger partial charge >= 0.3 is 0 Å². The van der Waals surface area contributed by atoms with E-state index in [0.29, 0.717) is 11.4 Å². The minimum absolute atomic E-state index is 0.120. The Bertz CT molecular complexity index is 732. The highest BCUT2D eigenvalue weighted by molar-refractivity contribution is 6.30. The molecule has 0 spiro atoms. The molecule has 4 nitrogen and oxygen atoms in total. The van der Waals surface area contributed by atoms with E-state index in [1.54, 1.807) is 14.2 Å². The largest absolute Gasteiger partial charge is 0.493 e. The van der Waals surface area contributed by atoms with E-state index in [2.05, 4.69) is 18.0 Å². The van der Waals surface area contributed by atoms with Gasteiger partial charge in [0.25, 0.3) is 0 Å². The zero-order valence-corrected chi connectivity index (χ0v) is 15.6. The van der Waals surface area contributed by atoms with Crippen LogP contribution in [0, 0.1) is 0 Å². The summed E-state index contributed by atoms with van der Waals surface area (Å²) in [5.74, 6) is 1.48. The van der Waals surface area contributed by atoms with Gasteiger partial charge in [0.2, 0.25) is 0 Å². The number of ether oxygens (including phenoxy) is 2. The molecule has 2 atom stereocenters. The van der Waals surface area contributed by atoms with E-state index in [9.17, 15) is 5.11 Å². The second kappa shape index (κ2) is 7.65. The average molecular weight is 362 g/mol. The summed E-state index contributed by atoms with van der Waals surface area (Å²) >= 11 is 5.94. The lowest BCUT2D eigenvalue weighted by Gasteiger charge is -2.36. The fraction of sp³-hybridized carbons (Fsp3) is 0.400. The SMILES string of the molecule is COc1cc2c(cc1OC)[C@@H](C[C@@H](O)c1ccc(Cl)cc1)N(C)CC2. The first-order valence-electron chi connectivity index (χ1n) is 8.42. The molecule has 2 aromatic rings. The monoisotopic (exact) mass is 361 g/mol. The average Bonchev–Trinajstić information content (AvgIpc) is 2.63. The van der Waals surface area contributed by atoms with E-state index >= 15 is 0 Å². The van der Waals surface area contributed by atoms with Crippen molar-refractivity contribution < 1.29 is 14.6 Å². The van der Waals surface area contributed by atoms with Crippen LogP contribution >= 0.6 is 11.6 Å². The van der Waals surface area contributed by atoms with Crippen LogP contribution in [-0.2, 0) is 6.42 Å². The highest BCUT2D eigenvalue weighted by Gasteiger charge is 2.29. The standard InChI is InChI=1S/C20H24ClNO3/c1-22-9-8-14-10-19(24-2)20(25-3)11-16(14)17(22)12-18(23)13-4-6-15(21)7-5-13/h4-7,10-11,17-18,23H,8-9,12H2,1-3H3/t17-,18-/m1/s1. The van der Waals surface area contributed by atoms with Crippen LogP contribution in [0.2, 0.25) is 5.02 Å². The molecule has 5 heteroatoms. The fourth-order valence-corrected chi connectivity index (χ4v) is 3.62. The molecule has 1 aliphatic heterocycles. The molecule has 25 heavy (non-hydrogen) atoms. The van der Waals surface area contributed by atoms with Crippen molar-refractivity contribution in [3.05, 3.63) is 58.1 Å². The lowest BCUT2D eigenvalue weighted by atomic mass is 9.88. The molecule has 1 heterocycles. The van der Waals surface area contributed by atoms with Crippen molar-refractivity contribution in [3.63, 3.8) is 0 Å². The Morgan fingerprint density at radius 3 is 2.44 bits per heavy atom. The molecule has 0 radical (unpaired) electrons. The van der Waals surface area contributed by atoms with Crippen molar-refractivity contribution in [2.75, 3.05) is 27.8 Å². The maximum Gasteiger partial charge on any atom is 0.161 e. The summed E-state index contributed by atoms with van der Waals surface area (Å²) in [5, 5.41) is 11.4. The molecular weight excluding hydrogens is 338 g/mol. The number of fused-ring (bicyclic) bond motifs is 1. The highest BCUT2D eigenvalue weighted by atomic mass is 35.5. The predicted octanol–water partition coefficient (Wildman–Crippen LogP) is 4.01. The van der Waals surface area contributed by atoms with Crippen LogP contribution < -0.4 is 9.47 Å². The van der Waals surface area contributed by atoms with E-state index in [1.165, 1.54) is 11.1 Å². The fourth-order valence-electron chi connectivity index (χ4n) is 3.49. The molecule has 0 aromatic heterocycles. The van der Waals surface area contributed by atoms with Gasteiger partial charge in [-0.2, -0.15) is 0 Å². The van der Waals surface area contributed by atoms with Crippen LogP contribution in [0.1, 0.15) is 35.3 Å². The summed E-state index contributed by atoms with van der Waals surface area (Å²) in [6.45, 7) is 0.945. The summed E-state index contributed by atoms with van der Waals surface area (Å²) in [5.41, 5.74) is 3.33. The Labute approximate surface area is 153 Å². The number of hydrogen-bond acceptors (Lipinski definition) is 4. The molecule has 0 unspecified atom stereocenters. The summed E-state index contributed by atoms with van der Waals surface area (Å²) < 4.78 is 10.9. The number of hydrogen-bond donors (Lipinski definition) is 1. The zero-order valence-electron chi connectivity index (χ0n) is 14.8. The van der Waals surface area contributed by atoms with Crippen LogP contribution in [0.5, 0.6) is 11.5 Å². The van der Waals surface area contributed by atoms with E-state index in [-0.39, 0.29) is 6.04 Å². The van der Waals surface area contributed by atoms with Crippen LogP contribution in [0.15, 0.2) is 36.4 Å². The molecule has 2 aromatic carbocycles. The third-order valence-electron chi connectivity index (χ3n) is 4.97. The van der Waals surface area contributed by atoms with E-state index in [0.717, 1.165) is 30.0 Å². The quantitative estimate of drug-likeness (QED) is 0.873. The number of benzene rings is 2. The molecule has 0 saturated carbocycles. The maximum absolute atomic E-state index is 10.7. The normalized spacial score (nSPS) is 18.5. The molecule has 0 aliphatic carbocycles. The number of aliphatic hydroxyl groups excluding tert-OH is 1. The third-order valence-corrected chi connectivity index (χ3v) is 5.22. The van der Waals surface area contributed by atoms with Crippen LogP contribution in [0.4, 0.5) is 0 Å². The third kappa shape index (κ3) is 3.76. The summed E-state index contributed by atoms with van der Waals surface area (Å²) in [6.07, 6.45) is 1.02. The molecule has 1 aliphatic rings. The Hall–Kier alpha value is -1.75. The van der Waals surface area contributed by atoms with Gasteiger partial charge in [0, 0.05) is 17.6 Å². The van der Waals surface area contributed by atoms with Gasteiger partial charge in [0.15, 0.2) is 11.5 Å². The van der Waals surface area contributed by atoms with Crippen molar-refractivity contribution in [2.45, 2.75) is 25.0 Å². The topological polar surface area (TPSA) is 41.9 Å². The van der Waals surface area contributed by atoms with Gasteiger partial charge in [-0.15, -0.1) is 0 Å². The van der Waals surface area contributed by atoms with Crippen LogP contribution in [-0.4, -0.2) is 37.8 Å². The van der Waals surface area contributed by atoms with Crippen molar-refractivity contribution in [1.82, 2.24) is 4.90 Å². The lowest BCUT2D eigenvalue weighted by Crippen LogP contribution is -2.33. The van der Waals surface area contributed by atoms with Crippen LogP contribution in [0.25, 0.3) is 0 Å². The minimum Gasteiger partial charge on any atom is -0.493 e. The van der Waals surface area contributed by atoms with Crippen molar-refractivity contribution in [2.24, 2.45) is 0 Å². The molecule has 1 N–H and O–H groups in total. The van der Waals surface area contributed by atoms with E-state index in [4.69, 9.17) is 21.1 Å². The second-order valence-corrected chi connectivity index (χ2v) is 6.89. The summed E-state index contributed by atoms with van der Waals surface area (Å²) in [4.78, 5) is 2.29. The smallest absolute Gasteiger partial charge is 0.161 e. The number of likely N-dealkylation sites (N-methyl/N-ethyl adjacent to an activating group) is 1. The number of halogens is 1. The molecular formula is C20H24ClNO3. The van der Waals surface area contributed by atoms with Gasteiger partial charge in [0.1, 0.15) is 0 Å². The Kier molecular flexibility index (Phi) is 5.52. The van der Waals surface area contributed by atoms with Gasteiger partial charge < -0.3 is 14.6 Å². The highest BCUT2D eigenvalue weighted by Crippen LogP contribution is 2.40. The number of methoxy groups -OCH3 is 2. The van der Waals surface area contributed by atoms with E-state index < -0.39 is 6.10 Å². The number of rotatable bonds is 5. The summed E-state index contributed by atoms with van der Waals surface area (Å²) in [7, 11) is 5.40. The van der Waals surface area contributed by atoms with Crippen molar-refractivity contribution >= 4 is 11.6 Å². The second-order valence-electron chi connectivity index (χ2n) is 6.46. The lowest BCUT2D eigenvalue weighted by molar-refractivity contribution is 0.109. The molecule has 134 valence electrons. The van der Waals surface area contributed by atoms with Crippen molar-refractivity contribution in [1.29, 1.82) is 0 Å². The van der Waals surface area contributed by atoms with Gasteiger partial charge in [0.05, 0.1) is 20.3 Å². The van der Waals surface area contributed by atoms with Gasteiger partial charge in [-0.1, -0.05) is 23.7 Å². The van der Waals surface area contributed by atoms with Crippen molar-refractivity contribution in [3.8, 4) is 11.5 Å². The first-order valence-corrected chi connectivity index (χ1v) is 8.79. The molecule has 0 saturated heterocycles. The van der Waals surface area contributed by atoms with Gasteiger partial charge in [-0.3, -0.25) is 4.90 Å². The Morgan fingerprint density at radius 1 is 1.16 bits per heavy atom. The molecule has 0 amide bonds. The van der Waals surface area contributed by atoms with Gasteiger partial charge in [-0.25, -0.2) is 0 Å². The van der Waals surface area contributed by atoms with E-state index in [1.807, 2.05) is 30.3 Å². The predicted molar refractivity (Wildman–Crippen MR) is 99.6 cm³/mol. The Morgan fingerprint density at radius 2 is 1.80 bits per heavy atom. The molecule has 3 rings (SSSR count). The first kappa shape index (κ1) is 18.1. The Balaban J connectivity index is 1.90. The minimum atomic E-state index is -0.552. The molecule has 0 bridgehead atoms. The zero-order chi connectivity index (χ0) is 18.0. The maximum atomic E-state index is 10.7. The van der Waals surface area contributed by atoms with Crippen LogP contribution in [0.3, 0.4) is 0 Å². The molecule has 0 fully saturated rings. The summed E-state index contributed by atoms with van der Waals surface area (Å²) in [6, 6.07) is 11.6. The first-order chi connectivity index (χ1) is 12.0. The van der Waals surface area contributed by atoms with Gasteiger partial charge in [-0.05, 0) is 60.8 Å². The number of aliphatic hydroxyl groups is 1. The number of nitrogens with zero attached hydrogens (tertiary/aromatic N) is 1.